The minimum Gasteiger partial charge on any atom is -0.341 e. The van der Waals surface area contributed by atoms with E-state index in [1.807, 2.05) is 6.92 Å². The fraction of sp³-hybridized carbons (Fsp3) is 0.474. The van der Waals surface area contributed by atoms with Gasteiger partial charge < -0.3 is 9.47 Å². The second-order valence-electron chi connectivity index (χ2n) is 6.31. The molecule has 0 spiro atoms. The maximum absolute atomic E-state index is 13.9. The van der Waals surface area contributed by atoms with Gasteiger partial charge in [-0.25, -0.2) is 9.37 Å². The van der Waals surface area contributed by atoms with Crippen LogP contribution in [0.2, 0.25) is 5.02 Å². The molecule has 0 aliphatic heterocycles. The molecule has 2 aromatic rings. The van der Waals surface area contributed by atoms with E-state index < -0.39 is 5.82 Å². The maximum atomic E-state index is 13.9. The van der Waals surface area contributed by atoms with Crippen LogP contribution in [0.1, 0.15) is 36.7 Å². The van der Waals surface area contributed by atoms with Gasteiger partial charge in [0.25, 0.3) is 0 Å². The summed E-state index contributed by atoms with van der Waals surface area (Å²) in [7, 11) is 1.66. The van der Waals surface area contributed by atoms with Crippen LogP contribution in [-0.4, -0.2) is 33.2 Å². The Morgan fingerprint density at radius 3 is 2.77 bits per heavy atom. The zero-order chi connectivity index (χ0) is 19.3. The molecule has 1 aromatic heterocycles. The van der Waals surface area contributed by atoms with Crippen LogP contribution in [0.5, 0.6) is 0 Å². The van der Waals surface area contributed by atoms with Crippen LogP contribution in [0.3, 0.4) is 0 Å². The van der Waals surface area contributed by atoms with Crippen molar-refractivity contribution in [3.8, 4) is 0 Å². The molecule has 2 rings (SSSR count). The highest BCUT2D eigenvalue weighted by Gasteiger charge is 2.17. The molecule has 0 fully saturated rings. The van der Waals surface area contributed by atoms with Gasteiger partial charge in [0, 0.05) is 36.4 Å². The van der Waals surface area contributed by atoms with Crippen LogP contribution in [0.25, 0.3) is 0 Å². The van der Waals surface area contributed by atoms with Crippen molar-refractivity contribution >= 4 is 29.3 Å². The number of hydrogen-bond donors (Lipinski definition) is 0. The molecular formula is C19H25ClFN3OS. The van der Waals surface area contributed by atoms with E-state index in [-0.39, 0.29) is 18.2 Å². The summed E-state index contributed by atoms with van der Waals surface area (Å²) < 4.78 is 16.1. The van der Waals surface area contributed by atoms with E-state index in [1.54, 1.807) is 19.2 Å². The van der Waals surface area contributed by atoms with E-state index in [0.717, 1.165) is 35.9 Å². The molecule has 0 aliphatic carbocycles. The Kier molecular flexibility index (Phi) is 7.53. The number of rotatable bonds is 8. The summed E-state index contributed by atoms with van der Waals surface area (Å²) >= 11 is 7.47. The van der Waals surface area contributed by atoms with Gasteiger partial charge in [-0.05, 0) is 32.4 Å². The molecule has 0 bridgehead atoms. The third kappa shape index (κ3) is 5.01. The standard InChI is InChI=1S/C19H25ClFN3OS/c1-5-6-10-24-14(3)13(2)22-19(24)26-12-18(25)23(4)11-15-16(20)8-7-9-17(15)21/h7-9H,5-6,10-12H2,1-4H3. The molecule has 1 aromatic carbocycles. The Bertz CT molecular complexity index is 758. The molecule has 7 heteroatoms. The average molecular weight is 398 g/mol. The maximum Gasteiger partial charge on any atom is 0.233 e. The van der Waals surface area contributed by atoms with Crippen molar-refractivity contribution < 1.29 is 9.18 Å². The number of unbranched alkanes of at least 4 members (excludes halogenated alkanes) is 1. The Morgan fingerprint density at radius 2 is 2.12 bits per heavy atom. The summed E-state index contributed by atoms with van der Waals surface area (Å²) in [5.41, 5.74) is 2.47. The summed E-state index contributed by atoms with van der Waals surface area (Å²) in [6.45, 7) is 7.23. The second-order valence-corrected chi connectivity index (χ2v) is 7.66. The van der Waals surface area contributed by atoms with Gasteiger partial charge in [0.1, 0.15) is 5.82 Å². The first-order valence-electron chi connectivity index (χ1n) is 8.68. The fourth-order valence-corrected chi connectivity index (χ4v) is 3.84. The highest BCUT2D eigenvalue weighted by molar-refractivity contribution is 7.99. The highest BCUT2D eigenvalue weighted by atomic mass is 35.5. The number of nitrogens with zero attached hydrogens (tertiary/aromatic N) is 3. The third-order valence-electron chi connectivity index (χ3n) is 4.37. The lowest BCUT2D eigenvalue weighted by Gasteiger charge is -2.18. The number of amides is 1. The number of carbonyl (C=O) groups is 1. The second kappa shape index (κ2) is 9.42. The zero-order valence-electron chi connectivity index (χ0n) is 15.7. The highest BCUT2D eigenvalue weighted by Crippen LogP contribution is 2.24. The molecule has 4 nitrogen and oxygen atoms in total. The summed E-state index contributed by atoms with van der Waals surface area (Å²) in [6.07, 6.45) is 2.18. The largest absolute Gasteiger partial charge is 0.341 e. The molecule has 142 valence electrons. The molecule has 0 aliphatic rings. The number of thioether (sulfide) groups is 1. The Hall–Kier alpha value is -1.53. The van der Waals surface area contributed by atoms with E-state index in [9.17, 15) is 9.18 Å². The zero-order valence-corrected chi connectivity index (χ0v) is 17.3. The first-order valence-corrected chi connectivity index (χ1v) is 10.0. The first kappa shape index (κ1) is 20.8. The SMILES string of the molecule is CCCCn1c(SCC(=O)N(C)Cc2c(F)cccc2Cl)nc(C)c1C. The molecule has 1 heterocycles. The van der Waals surface area contributed by atoms with Crippen molar-refractivity contribution in [3.05, 3.63) is 46.0 Å². The quantitative estimate of drug-likeness (QED) is 0.598. The van der Waals surface area contributed by atoms with E-state index in [4.69, 9.17) is 11.6 Å². The van der Waals surface area contributed by atoms with Crippen LogP contribution < -0.4 is 0 Å². The lowest BCUT2D eigenvalue weighted by Crippen LogP contribution is -2.28. The van der Waals surface area contributed by atoms with E-state index in [2.05, 4.69) is 23.4 Å². The van der Waals surface area contributed by atoms with Gasteiger partial charge in [-0.2, -0.15) is 0 Å². The average Bonchev–Trinajstić information content (AvgIpc) is 2.88. The predicted molar refractivity (Wildman–Crippen MR) is 105 cm³/mol. The molecule has 0 unspecified atom stereocenters. The van der Waals surface area contributed by atoms with E-state index in [1.165, 1.54) is 22.7 Å². The number of aromatic nitrogens is 2. The van der Waals surface area contributed by atoms with Gasteiger partial charge >= 0.3 is 0 Å². The lowest BCUT2D eigenvalue weighted by molar-refractivity contribution is -0.127. The predicted octanol–water partition coefficient (Wildman–Crippen LogP) is 4.84. The van der Waals surface area contributed by atoms with Gasteiger partial charge in [0.2, 0.25) is 5.91 Å². The molecular weight excluding hydrogens is 373 g/mol. The summed E-state index contributed by atoms with van der Waals surface area (Å²) in [5.74, 6) is -0.231. The van der Waals surface area contributed by atoms with Crippen molar-refractivity contribution in [1.82, 2.24) is 14.5 Å². The molecule has 0 radical (unpaired) electrons. The molecule has 1 amide bonds. The van der Waals surface area contributed by atoms with Crippen molar-refractivity contribution in [1.29, 1.82) is 0 Å². The molecule has 0 N–H and O–H groups in total. The van der Waals surface area contributed by atoms with Gasteiger partial charge in [0.15, 0.2) is 5.16 Å². The number of carbonyl (C=O) groups excluding carboxylic acids is 1. The minimum atomic E-state index is -0.397. The van der Waals surface area contributed by atoms with Crippen LogP contribution in [0, 0.1) is 19.7 Å². The van der Waals surface area contributed by atoms with Crippen LogP contribution in [-0.2, 0) is 17.9 Å². The Labute approximate surface area is 163 Å². The van der Waals surface area contributed by atoms with Crippen molar-refractivity contribution in [2.24, 2.45) is 0 Å². The number of aryl methyl sites for hydroxylation is 1. The van der Waals surface area contributed by atoms with E-state index in [0.29, 0.717) is 10.6 Å². The van der Waals surface area contributed by atoms with Crippen LogP contribution in [0.15, 0.2) is 23.4 Å². The minimum absolute atomic E-state index is 0.0883. The molecule has 0 saturated carbocycles. The van der Waals surface area contributed by atoms with Gasteiger partial charge in [-0.1, -0.05) is 42.8 Å². The van der Waals surface area contributed by atoms with Gasteiger partial charge in [-0.15, -0.1) is 0 Å². The lowest BCUT2D eigenvalue weighted by atomic mass is 10.2. The number of hydrogen-bond acceptors (Lipinski definition) is 3. The van der Waals surface area contributed by atoms with Crippen LogP contribution >= 0.6 is 23.4 Å². The monoisotopic (exact) mass is 397 g/mol. The number of benzene rings is 1. The summed E-state index contributed by atoms with van der Waals surface area (Å²) in [5, 5.41) is 1.19. The Morgan fingerprint density at radius 1 is 1.38 bits per heavy atom. The summed E-state index contributed by atoms with van der Waals surface area (Å²) in [6, 6.07) is 4.53. The van der Waals surface area contributed by atoms with Crippen molar-refractivity contribution in [2.75, 3.05) is 12.8 Å². The summed E-state index contributed by atoms with van der Waals surface area (Å²) in [4.78, 5) is 18.5. The number of halogens is 2. The molecule has 0 saturated heterocycles. The Balaban J connectivity index is 2.01. The fourth-order valence-electron chi connectivity index (χ4n) is 2.56. The number of imidazole rings is 1. The van der Waals surface area contributed by atoms with Crippen molar-refractivity contribution in [2.45, 2.75) is 51.9 Å². The molecule has 0 atom stereocenters. The third-order valence-corrected chi connectivity index (χ3v) is 5.68. The first-order chi connectivity index (χ1) is 12.3. The normalized spacial score (nSPS) is 11.0. The van der Waals surface area contributed by atoms with Crippen LogP contribution in [0.4, 0.5) is 4.39 Å². The smallest absolute Gasteiger partial charge is 0.233 e. The molecule has 26 heavy (non-hydrogen) atoms. The van der Waals surface area contributed by atoms with Gasteiger partial charge in [-0.3, -0.25) is 4.79 Å². The van der Waals surface area contributed by atoms with Gasteiger partial charge in [0.05, 0.1) is 11.4 Å². The van der Waals surface area contributed by atoms with Crippen molar-refractivity contribution in [3.63, 3.8) is 0 Å². The van der Waals surface area contributed by atoms with E-state index >= 15 is 0 Å². The topological polar surface area (TPSA) is 38.1 Å².